The first-order chi connectivity index (χ1) is 13.7. The van der Waals surface area contributed by atoms with Crippen molar-refractivity contribution in [1.82, 2.24) is 5.32 Å². The summed E-state index contributed by atoms with van der Waals surface area (Å²) in [5.41, 5.74) is 2.97. The fourth-order valence-corrected chi connectivity index (χ4v) is 4.05. The fourth-order valence-electron chi connectivity index (χ4n) is 4.05. The van der Waals surface area contributed by atoms with Gasteiger partial charge in [-0.2, -0.15) is 0 Å². The summed E-state index contributed by atoms with van der Waals surface area (Å²) in [6.45, 7) is 0.465. The molecule has 0 saturated carbocycles. The Morgan fingerprint density at radius 2 is 1.75 bits per heavy atom. The number of fused-ring (bicyclic) bond motifs is 3. The Morgan fingerprint density at radius 3 is 2.50 bits per heavy atom. The molecule has 3 aromatic rings. The van der Waals surface area contributed by atoms with Gasteiger partial charge in [0.25, 0.3) is 0 Å². The molecule has 0 fully saturated rings. The number of rotatable bonds is 3. The van der Waals surface area contributed by atoms with Crippen LogP contribution in [-0.4, -0.2) is 16.9 Å². The van der Waals surface area contributed by atoms with Crippen LogP contribution < -0.4 is 5.32 Å². The van der Waals surface area contributed by atoms with E-state index in [-0.39, 0.29) is 23.5 Å². The van der Waals surface area contributed by atoms with Crippen LogP contribution in [0, 0.1) is 0 Å². The first-order valence-electron chi connectivity index (χ1n) is 9.35. The number of aliphatic hydroxyl groups is 1. The SMILES string of the molecule is O=C(c1ccccc1)c1c(-c2ccccc2)oc2c1CNC1C(O)=CC=CC21. The van der Waals surface area contributed by atoms with Gasteiger partial charge in [-0.1, -0.05) is 72.8 Å². The van der Waals surface area contributed by atoms with E-state index in [2.05, 4.69) is 5.32 Å². The van der Waals surface area contributed by atoms with Crippen molar-refractivity contribution in [2.24, 2.45) is 0 Å². The number of aliphatic hydroxyl groups excluding tert-OH is 1. The predicted molar refractivity (Wildman–Crippen MR) is 107 cm³/mol. The van der Waals surface area contributed by atoms with Gasteiger partial charge in [-0.05, 0) is 6.08 Å². The van der Waals surface area contributed by atoms with E-state index in [1.54, 1.807) is 6.08 Å². The molecule has 2 atom stereocenters. The zero-order valence-electron chi connectivity index (χ0n) is 15.1. The van der Waals surface area contributed by atoms with Crippen molar-refractivity contribution in [2.75, 3.05) is 0 Å². The molecule has 1 aliphatic heterocycles. The maximum atomic E-state index is 13.4. The van der Waals surface area contributed by atoms with Crippen LogP contribution >= 0.6 is 0 Å². The van der Waals surface area contributed by atoms with Crippen molar-refractivity contribution >= 4 is 5.78 Å². The standard InChI is InChI=1S/C24H19NO3/c26-19-13-7-12-17-21(19)25-14-18-20(22(27)15-8-3-1-4-9-15)23(28-24(17)18)16-10-5-2-6-11-16/h1-13,17,21,25-26H,14H2. The van der Waals surface area contributed by atoms with Gasteiger partial charge < -0.3 is 14.8 Å². The molecule has 1 aromatic heterocycles. The highest BCUT2D eigenvalue weighted by molar-refractivity contribution is 6.13. The number of carbonyl (C=O) groups excluding carboxylic acids is 1. The Bertz CT molecular complexity index is 1090. The third-order valence-electron chi connectivity index (χ3n) is 5.40. The Morgan fingerprint density at radius 1 is 1.04 bits per heavy atom. The van der Waals surface area contributed by atoms with Gasteiger partial charge in [-0.25, -0.2) is 0 Å². The molecule has 2 aromatic carbocycles. The van der Waals surface area contributed by atoms with Crippen LogP contribution in [0.5, 0.6) is 0 Å². The van der Waals surface area contributed by atoms with Gasteiger partial charge in [0.1, 0.15) is 17.3 Å². The normalized spacial score (nSPS) is 20.2. The molecule has 2 unspecified atom stereocenters. The summed E-state index contributed by atoms with van der Waals surface area (Å²) in [6, 6.07) is 18.8. The molecule has 138 valence electrons. The van der Waals surface area contributed by atoms with Gasteiger partial charge in [0.15, 0.2) is 5.78 Å². The third kappa shape index (κ3) is 2.62. The number of carbonyl (C=O) groups is 1. The molecule has 0 spiro atoms. The number of furan rings is 1. The predicted octanol–water partition coefficient (Wildman–Crippen LogP) is 4.74. The van der Waals surface area contributed by atoms with Gasteiger partial charge >= 0.3 is 0 Å². The Hall–Kier alpha value is -3.37. The van der Waals surface area contributed by atoms with E-state index in [0.29, 0.717) is 23.4 Å². The van der Waals surface area contributed by atoms with Gasteiger partial charge in [0, 0.05) is 23.2 Å². The quantitative estimate of drug-likeness (QED) is 0.655. The maximum Gasteiger partial charge on any atom is 0.197 e. The maximum absolute atomic E-state index is 13.4. The Kier molecular flexibility index (Phi) is 3.99. The zero-order valence-corrected chi connectivity index (χ0v) is 15.1. The molecule has 0 saturated heterocycles. The van der Waals surface area contributed by atoms with Crippen LogP contribution in [-0.2, 0) is 6.54 Å². The molecule has 0 amide bonds. The van der Waals surface area contributed by atoms with Gasteiger partial charge in [-0.15, -0.1) is 0 Å². The Balaban J connectivity index is 1.71. The van der Waals surface area contributed by atoms with Crippen LogP contribution in [0.2, 0.25) is 0 Å². The van der Waals surface area contributed by atoms with Crippen LogP contribution in [0.15, 0.2) is 89.1 Å². The van der Waals surface area contributed by atoms with E-state index >= 15 is 0 Å². The number of allylic oxidation sites excluding steroid dienone is 2. The average molecular weight is 369 g/mol. The number of ketones is 1. The topological polar surface area (TPSA) is 62.5 Å². The average Bonchev–Trinajstić information content (AvgIpc) is 3.15. The van der Waals surface area contributed by atoms with Crippen molar-refractivity contribution in [1.29, 1.82) is 0 Å². The lowest BCUT2D eigenvalue weighted by Crippen LogP contribution is -2.41. The molecular formula is C24H19NO3. The molecular weight excluding hydrogens is 350 g/mol. The van der Waals surface area contributed by atoms with E-state index in [1.165, 1.54) is 0 Å². The molecule has 0 radical (unpaired) electrons. The number of hydrogen-bond acceptors (Lipinski definition) is 4. The summed E-state index contributed by atoms with van der Waals surface area (Å²) in [7, 11) is 0. The number of hydrogen-bond donors (Lipinski definition) is 2. The molecule has 4 heteroatoms. The minimum absolute atomic E-state index is 0.0516. The summed E-state index contributed by atoms with van der Waals surface area (Å²) < 4.78 is 6.33. The molecule has 1 aliphatic carbocycles. The van der Waals surface area contributed by atoms with E-state index in [4.69, 9.17) is 4.42 Å². The number of nitrogens with one attached hydrogen (secondary N) is 1. The van der Waals surface area contributed by atoms with Crippen molar-refractivity contribution in [3.63, 3.8) is 0 Å². The van der Waals surface area contributed by atoms with E-state index in [0.717, 1.165) is 16.9 Å². The second-order valence-corrected chi connectivity index (χ2v) is 7.07. The molecule has 2 heterocycles. The van der Waals surface area contributed by atoms with Crippen LogP contribution in [0.25, 0.3) is 11.3 Å². The second kappa shape index (κ2) is 6.66. The van der Waals surface area contributed by atoms with Crippen LogP contribution in [0.4, 0.5) is 0 Å². The fraction of sp³-hybridized carbons (Fsp3) is 0.125. The molecule has 28 heavy (non-hydrogen) atoms. The van der Waals surface area contributed by atoms with Crippen molar-refractivity contribution in [3.05, 3.63) is 107 Å². The van der Waals surface area contributed by atoms with Crippen LogP contribution in [0.3, 0.4) is 0 Å². The van der Waals surface area contributed by atoms with Crippen molar-refractivity contribution in [2.45, 2.75) is 18.5 Å². The largest absolute Gasteiger partial charge is 0.511 e. The van der Waals surface area contributed by atoms with Crippen molar-refractivity contribution < 1.29 is 14.3 Å². The summed E-state index contributed by atoms with van der Waals surface area (Å²) in [5.74, 6) is 1.42. The van der Waals surface area contributed by atoms with Gasteiger partial charge in [0.05, 0.1) is 17.5 Å². The summed E-state index contributed by atoms with van der Waals surface area (Å²) in [6.07, 6.45) is 5.53. The Labute approximate surface area is 162 Å². The molecule has 4 nitrogen and oxygen atoms in total. The highest BCUT2D eigenvalue weighted by Gasteiger charge is 2.39. The smallest absolute Gasteiger partial charge is 0.197 e. The van der Waals surface area contributed by atoms with Gasteiger partial charge in [-0.3, -0.25) is 4.79 Å². The summed E-state index contributed by atoms with van der Waals surface area (Å²) >= 11 is 0. The van der Waals surface area contributed by atoms with E-state index in [9.17, 15) is 9.90 Å². The molecule has 5 rings (SSSR count). The lowest BCUT2D eigenvalue weighted by molar-refractivity contribution is 0.103. The lowest BCUT2D eigenvalue weighted by Gasteiger charge is -2.31. The third-order valence-corrected chi connectivity index (χ3v) is 5.40. The highest BCUT2D eigenvalue weighted by Crippen LogP contribution is 2.42. The second-order valence-electron chi connectivity index (χ2n) is 7.07. The molecule has 2 aliphatic rings. The van der Waals surface area contributed by atoms with E-state index in [1.807, 2.05) is 72.8 Å². The van der Waals surface area contributed by atoms with E-state index < -0.39 is 0 Å². The molecule has 2 N–H and O–H groups in total. The minimum atomic E-state index is -0.230. The van der Waals surface area contributed by atoms with Crippen LogP contribution in [0.1, 0.15) is 33.2 Å². The van der Waals surface area contributed by atoms with Crippen molar-refractivity contribution in [3.8, 4) is 11.3 Å². The summed E-state index contributed by atoms with van der Waals surface area (Å²) in [5, 5.41) is 13.6. The first kappa shape index (κ1) is 16.8. The first-order valence-corrected chi connectivity index (χ1v) is 9.35. The summed E-state index contributed by atoms with van der Waals surface area (Å²) in [4.78, 5) is 13.4. The zero-order chi connectivity index (χ0) is 19.1. The number of benzene rings is 2. The minimum Gasteiger partial charge on any atom is -0.511 e. The monoisotopic (exact) mass is 369 g/mol. The molecule has 0 bridgehead atoms. The lowest BCUT2D eigenvalue weighted by atomic mass is 9.84. The van der Waals surface area contributed by atoms with Gasteiger partial charge in [0.2, 0.25) is 0 Å². The highest BCUT2D eigenvalue weighted by atomic mass is 16.3.